The Balaban J connectivity index is 1.51. The van der Waals surface area contributed by atoms with E-state index in [2.05, 4.69) is 9.80 Å². The number of aliphatic hydroxyl groups is 2. The highest BCUT2D eigenvalue weighted by molar-refractivity contribution is 5.20. The molecule has 2 N–H and O–H groups in total. The number of benzene rings is 2. The first kappa shape index (κ1) is 29.1. The highest BCUT2D eigenvalue weighted by atomic mass is 19.1. The van der Waals surface area contributed by atoms with E-state index in [1.165, 1.54) is 75.6 Å². The Morgan fingerprint density at radius 2 is 0.842 bits per heavy atom. The van der Waals surface area contributed by atoms with Crippen molar-refractivity contribution in [3.05, 3.63) is 71.3 Å². The summed E-state index contributed by atoms with van der Waals surface area (Å²) in [6, 6.07) is 12.4. The second-order valence-corrected chi connectivity index (χ2v) is 11.5. The van der Waals surface area contributed by atoms with Crippen LogP contribution in [0, 0.1) is 23.5 Å². The van der Waals surface area contributed by atoms with Crippen LogP contribution in [0.3, 0.4) is 0 Å². The molecule has 4 nitrogen and oxygen atoms in total. The Hall–Kier alpha value is -1.86. The maximum atomic E-state index is 13.6. The zero-order valence-electron chi connectivity index (χ0n) is 22.8. The SMILES string of the molecule is O[C@H](c1ccc(F)cc1)[C@H](CC[C@@H](CN1CCCCCC1)[C@H](O)c1ccc(F)cc1)CN1CCCCCC1. The summed E-state index contributed by atoms with van der Waals surface area (Å²) in [6.45, 7) is 5.76. The van der Waals surface area contributed by atoms with Gasteiger partial charge >= 0.3 is 0 Å². The number of hydrogen-bond donors (Lipinski definition) is 2. The number of hydrogen-bond acceptors (Lipinski definition) is 4. The third kappa shape index (κ3) is 8.84. The van der Waals surface area contributed by atoms with Gasteiger partial charge in [-0.1, -0.05) is 49.9 Å². The Bertz CT molecular complexity index is 846. The standard InChI is InChI=1S/C32H46F2N2O2/c33-29-15-11-25(12-16-29)31(37)27(23-35-19-5-1-2-6-20-35)9-10-28(24-36-21-7-3-4-8-22-36)32(38)26-13-17-30(34)18-14-26/h11-18,27-28,31-32,37-38H,1-10,19-24H2/t27-,28+,31-,32-/m1/s1. The zero-order chi connectivity index (χ0) is 26.7. The molecule has 0 aromatic heterocycles. The van der Waals surface area contributed by atoms with Gasteiger partial charge in [-0.3, -0.25) is 0 Å². The van der Waals surface area contributed by atoms with Crippen LogP contribution in [-0.4, -0.2) is 59.3 Å². The molecule has 0 aliphatic carbocycles. The van der Waals surface area contributed by atoms with Crippen LogP contribution in [0.5, 0.6) is 0 Å². The lowest BCUT2D eigenvalue weighted by Crippen LogP contribution is -2.36. The third-order valence-corrected chi connectivity index (χ3v) is 8.61. The summed E-state index contributed by atoms with van der Waals surface area (Å²) in [5.74, 6) is -0.647. The quantitative estimate of drug-likeness (QED) is 0.350. The molecule has 210 valence electrons. The van der Waals surface area contributed by atoms with Gasteiger partial charge in [-0.2, -0.15) is 0 Å². The van der Waals surface area contributed by atoms with Gasteiger partial charge in [-0.05, 0) is 100 Å². The van der Waals surface area contributed by atoms with E-state index in [-0.39, 0.29) is 23.5 Å². The number of likely N-dealkylation sites (tertiary alicyclic amines) is 2. The number of rotatable bonds is 11. The van der Waals surface area contributed by atoms with Crippen LogP contribution in [0.25, 0.3) is 0 Å². The van der Waals surface area contributed by atoms with Crippen LogP contribution in [0.4, 0.5) is 8.78 Å². The molecule has 2 saturated heterocycles. The molecular weight excluding hydrogens is 482 g/mol. The van der Waals surface area contributed by atoms with Gasteiger partial charge in [0.25, 0.3) is 0 Å². The van der Waals surface area contributed by atoms with E-state index in [4.69, 9.17) is 0 Å². The molecular formula is C32H46F2N2O2. The first-order valence-corrected chi connectivity index (χ1v) is 14.8. The lowest BCUT2D eigenvalue weighted by Gasteiger charge is -2.33. The summed E-state index contributed by atoms with van der Waals surface area (Å²) < 4.78 is 27.2. The zero-order valence-corrected chi connectivity index (χ0v) is 22.8. The summed E-state index contributed by atoms with van der Waals surface area (Å²) in [4.78, 5) is 4.95. The predicted octanol–water partition coefficient (Wildman–Crippen LogP) is 6.50. The van der Waals surface area contributed by atoms with Gasteiger partial charge in [0.2, 0.25) is 0 Å². The van der Waals surface area contributed by atoms with Crippen molar-refractivity contribution in [3.63, 3.8) is 0 Å². The van der Waals surface area contributed by atoms with E-state index >= 15 is 0 Å². The van der Waals surface area contributed by atoms with E-state index in [0.717, 1.165) is 63.2 Å². The first-order chi connectivity index (χ1) is 18.5. The summed E-state index contributed by atoms with van der Waals surface area (Å²) in [5.41, 5.74) is 1.49. The highest BCUT2D eigenvalue weighted by Gasteiger charge is 2.29. The van der Waals surface area contributed by atoms with Crippen LogP contribution in [-0.2, 0) is 0 Å². The normalized spacial score (nSPS) is 21.3. The monoisotopic (exact) mass is 528 g/mol. The van der Waals surface area contributed by atoms with Crippen LogP contribution in [0.15, 0.2) is 48.5 Å². The number of halogens is 2. The maximum Gasteiger partial charge on any atom is 0.123 e. The molecule has 2 fully saturated rings. The summed E-state index contributed by atoms with van der Waals surface area (Å²) >= 11 is 0. The van der Waals surface area contributed by atoms with Gasteiger partial charge in [0.05, 0.1) is 12.2 Å². The van der Waals surface area contributed by atoms with Crippen molar-refractivity contribution >= 4 is 0 Å². The van der Waals surface area contributed by atoms with E-state index in [0.29, 0.717) is 0 Å². The molecule has 2 heterocycles. The van der Waals surface area contributed by atoms with E-state index in [9.17, 15) is 19.0 Å². The average Bonchev–Trinajstić information content (AvgIpc) is 3.35. The molecule has 4 rings (SSSR count). The molecule has 2 aromatic carbocycles. The second-order valence-electron chi connectivity index (χ2n) is 11.5. The highest BCUT2D eigenvalue weighted by Crippen LogP contribution is 2.34. The molecule has 0 bridgehead atoms. The smallest absolute Gasteiger partial charge is 0.123 e. The minimum absolute atomic E-state index is 0.0226. The van der Waals surface area contributed by atoms with Gasteiger partial charge in [-0.25, -0.2) is 8.78 Å². The fourth-order valence-electron chi connectivity index (χ4n) is 6.29. The fourth-order valence-corrected chi connectivity index (χ4v) is 6.29. The molecule has 0 radical (unpaired) electrons. The summed E-state index contributed by atoms with van der Waals surface area (Å²) in [6.07, 6.45) is 9.86. The van der Waals surface area contributed by atoms with Crippen molar-refractivity contribution in [1.82, 2.24) is 9.80 Å². The van der Waals surface area contributed by atoms with Crippen molar-refractivity contribution in [2.45, 2.75) is 76.4 Å². The Morgan fingerprint density at radius 3 is 1.16 bits per heavy atom. The molecule has 38 heavy (non-hydrogen) atoms. The molecule has 0 unspecified atom stereocenters. The second kappa shape index (κ2) is 15.1. The van der Waals surface area contributed by atoms with Crippen molar-refractivity contribution in [2.75, 3.05) is 39.3 Å². The van der Waals surface area contributed by atoms with Gasteiger partial charge in [0.15, 0.2) is 0 Å². The molecule has 2 aliphatic rings. The summed E-state index contributed by atoms with van der Waals surface area (Å²) in [7, 11) is 0. The van der Waals surface area contributed by atoms with E-state index in [1.807, 2.05) is 0 Å². The molecule has 4 atom stereocenters. The van der Waals surface area contributed by atoms with Crippen molar-refractivity contribution in [2.24, 2.45) is 11.8 Å². The number of nitrogens with zero attached hydrogens (tertiary/aromatic N) is 2. The third-order valence-electron chi connectivity index (χ3n) is 8.61. The Morgan fingerprint density at radius 1 is 0.526 bits per heavy atom. The average molecular weight is 529 g/mol. The van der Waals surface area contributed by atoms with Crippen molar-refractivity contribution < 1.29 is 19.0 Å². The van der Waals surface area contributed by atoms with Gasteiger partial charge in [0.1, 0.15) is 11.6 Å². The molecule has 0 amide bonds. The predicted molar refractivity (Wildman–Crippen MR) is 149 cm³/mol. The molecule has 0 saturated carbocycles. The van der Waals surface area contributed by atoms with Crippen LogP contribution >= 0.6 is 0 Å². The van der Waals surface area contributed by atoms with Gasteiger partial charge in [0, 0.05) is 24.9 Å². The first-order valence-electron chi connectivity index (χ1n) is 14.8. The topological polar surface area (TPSA) is 46.9 Å². The molecule has 2 aromatic rings. The maximum absolute atomic E-state index is 13.6. The van der Waals surface area contributed by atoms with Crippen LogP contribution in [0.2, 0.25) is 0 Å². The Kier molecular flexibility index (Phi) is 11.5. The van der Waals surface area contributed by atoms with E-state index in [1.54, 1.807) is 24.3 Å². The minimum Gasteiger partial charge on any atom is -0.388 e. The lowest BCUT2D eigenvalue weighted by atomic mass is 9.84. The van der Waals surface area contributed by atoms with Gasteiger partial charge in [-0.15, -0.1) is 0 Å². The molecule has 6 heteroatoms. The lowest BCUT2D eigenvalue weighted by molar-refractivity contribution is 0.0449. The minimum atomic E-state index is -0.694. The largest absolute Gasteiger partial charge is 0.388 e. The van der Waals surface area contributed by atoms with Crippen LogP contribution < -0.4 is 0 Å². The molecule has 0 spiro atoms. The Labute approximate surface area is 227 Å². The van der Waals surface area contributed by atoms with Crippen molar-refractivity contribution in [3.8, 4) is 0 Å². The number of aliphatic hydroxyl groups excluding tert-OH is 2. The van der Waals surface area contributed by atoms with E-state index < -0.39 is 12.2 Å². The summed E-state index contributed by atoms with van der Waals surface area (Å²) in [5, 5.41) is 22.9. The fraction of sp³-hybridized carbons (Fsp3) is 0.625. The van der Waals surface area contributed by atoms with Crippen molar-refractivity contribution in [1.29, 1.82) is 0 Å². The van der Waals surface area contributed by atoms with Crippen LogP contribution in [0.1, 0.15) is 87.5 Å². The molecule has 2 aliphatic heterocycles. The van der Waals surface area contributed by atoms with Gasteiger partial charge < -0.3 is 20.0 Å².